The quantitative estimate of drug-likeness (QED) is 0.871. The second-order valence-electron chi connectivity index (χ2n) is 4.14. The number of hydrogen-bond donors (Lipinski definition) is 1. The topological polar surface area (TPSA) is 48.7 Å². The van der Waals surface area contributed by atoms with Crippen LogP contribution in [0, 0.1) is 11.3 Å². The molecule has 3 heteroatoms. The van der Waals surface area contributed by atoms with Crippen molar-refractivity contribution in [3.63, 3.8) is 0 Å². The predicted molar refractivity (Wildman–Crippen MR) is 69.8 cm³/mol. The van der Waals surface area contributed by atoms with Gasteiger partial charge in [0.25, 0.3) is 0 Å². The Balaban J connectivity index is 2.50. The minimum atomic E-state index is 0.316. The Morgan fingerprint density at radius 2 is 2.18 bits per heavy atom. The molecule has 0 aliphatic carbocycles. The molecule has 2 rings (SSSR count). The molecule has 0 bridgehead atoms. The molecule has 1 unspecified atom stereocenters. The molecule has 1 heterocycles. The number of hydrogen-bond acceptors (Lipinski definition) is 3. The molecule has 0 spiro atoms. The molecule has 3 nitrogen and oxygen atoms in total. The summed E-state index contributed by atoms with van der Waals surface area (Å²) in [5.41, 5.74) is 1.52. The van der Waals surface area contributed by atoms with Gasteiger partial charge in [-0.05, 0) is 25.5 Å². The lowest BCUT2D eigenvalue weighted by atomic mass is 10.1. The number of nitriles is 1. The summed E-state index contributed by atoms with van der Waals surface area (Å²) in [6, 6.07) is 12.2. The van der Waals surface area contributed by atoms with Gasteiger partial charge in [-0.15, -0.1) is 0 Å². The third-order valence-corrected chi connectivity index (χ3v) is 2.84. The average molecular weight is 225 g/mol. The fraction of sp³-hybridized carbons (Fsp3) is 0.286. The molecule has 0 aliphatic heterocycles. The van der Waals surface area contributed by atoms with E-state index in [2.05, 4.69) is 30.2 Å². The predicted octanol–water partition coefficient (Wildman–Crippen LogP) is 3.32. The first-order valence-corrected chi connectivity index (χ1v) is 5.81. The van der Waals surface area contributed by atoms with Gasteiger partial charge in [0.05, 0.1) is 11.1 Å². The Morgan fingerprint density at radius 1 is 1.41 bits per heavy atom. The maximum absolute atomic E-state index is 9.13. The fourth-order valence-corrected chi connectivity index (χ4v) is 1.65. The Labute approximate surface area is 101 Å². The first-order valence-electron chi connectivity index (χ1n) is 5.81. The van der Waals surface area contributed by atoms with Gasteiger partial charge < -0.3 is 5.32 Å². The number of aromatic nitrogens is 1. The van der Waals surface area contributed by atoms with Gasteiger partial charge in [-0.1, -0.05) is 25.1 Å². The molecule has 0 aliphatic rings. The number of anilines is 1. The zero-order valence-electron chi connectivity index (χ0n) is 10.1. The van der Waals surface area contributed by atoms with Gasteiger partial charge in [-0.25, -0.2) is 4.98 Å². The molecule has 2 aromatic rings. The minimum Gasteiger partial charge on any atom is -0.367 e. The van der Waals surface area contributed by atoms with Crippen LogP contribution in [0.15, 0.2) is 30.3 Å². The molecule has 1 aromatic carbocycles. The third kappa shape index (κ3) is 2.36. The summed E-state index contributed by atoms with van der Waals surface area (Å²) in [6.45, 7) is 4.18. The highest BCUT2D eigenvalue weighted by Gasteiger charge is 2.08. The summed E-state index contributed by atoms with van der Waals surface area (Å²) in [7, 11) is 0. The molecular formula is C14H15N3. The number of pyridine rings is 1. The number of nitrogens with zero attached hydrogens (tertiary/aromatic N) is 2. The summed E-state index contributed by atoms with van der Waals surface area (Å²) >= 11 is 0. The van der Waals surface area contributed by atoms with E-state index in [1.54, 1.807) is 0 Å². The first kappa shape index (κ1) is 11.4. The number of benzene rings is 1. The maximum atomic E-state index is 9.13. The fourth-order valence-electron chi connectivity index (χ4n) is 1.65. The number of para-hydroxylation sites is 1. The largest absolute Gasteiger partial charge is 0.367 e. The Morgan fingerprint density at radius 3 is 2.88 bits per heavy atom. The summed E-state index contributed by atoms with van der Waals surface area (Å²) in [4.78, 5) is 4.50. The van der Waals surface area contributed by atoms with Crippen molar-refractivity contribution in [3.8, 4) is 6.07 Å². The molecule has 1 aromatic heterocycles. The Bertz CT molecular complexity index is 569. The monoisotopic (exact) mass is 225 g/mol. The van der Waals surface area contributed by atoms with Crippen molar-refractivity contribution in [3.05, 3.63) is 35.9 Å². The van der Waals surface area contributed by atoms with Gasteiger partial charge in [0.2, 0.25) is 0 Å². The third-order valence-electron chi connectivity index (χ3n) is 2.84. The zero-order valence-corrected chi connectivity index (χ0v) is 10.1. The number of rotatable bonds is 3. The second-order valence-corrected chi connectivity index (χ2v) is 4.14. The SMILES string of the molecule is CCC(C)Nc1nc2ccccc2cc1C#N. The van der Waals surface area contributed by atoms with Gasteiger partial charge in [0, 0.05) is 11.4 Å². The molecule has 17 heavy (non-hydrogen) atoms. The van der Waals surface area contributed by atoms with Crippen LogP contribution in [0.2, 0.25) is 0 Å². The highest BCUT2D eigenvalue weighted by Crippen LogP contribution is 2.20. The van der Waals surface area contributed by atoms with Crippen LogP contribution in [0.1, 0.15) is 25.8 Å². The summed E-state index contributed by atoms with van der Waals surface area (Å²) in [5.74, 6) is 0.681. The average Bonchev–Trinajstić information content (AvgIpc) is 2.37. The highest BCUT2D eigenvalue weighted by atomic mass is 15.0. The van der Waals surface area contributed by atoms with Gasteiger partial charge in [-0.3, -0.25) is 0 Å². The van der Waals surface area contributed by atoms with Gasteiger partial charge >= 0.3 is 0 Å². The van der Waals surface area contributed by atoms with E-state index in [1.165, 1.54) is 0 Å². The molecule has 0 saturated carbocycles. The summed E-state index contributed by atoms with van der Waals surface area (Å²) in [6.07, 6.45) is 0.999. The van der Waals surface area contributed by atoms with E-state index in [1.807, 2.05) is 30.3 Å². The van der Waals surface area contributed by atoms with E-state index >= 15 is 0 Å². The van der Waals surface area contributed by atoms with Crippen molar-refractivity contribution in [2.75, 3.05) is 5.32 Å². The van der Waals surface area contributed by atoms with Crippen LogP contribution in [-0.2, 0) is 0 Å². The summed E-state index contributed by atoms with van der Waals surface area (Å²) in [5, 5.41) is 13.4. The van der Waals surface area contributed by atoms with E-state index in [9.17, 15) is 0 Å². The van der Waals surface area contributed by atoms with Gasteiger partial charge in [0.15, 0.2) is 0 Å². The zero-order chi connectivity index (χ0) is 12.3. The van der Waals surface area contributed by atoms with E-state index in [-0.39, 0.29) is 0 Å². The first-order chi connectivity index (χ1) is 8.24. The van der Waals surface area contributed by atoms with Crippen LogP contribution in [0.3, 0.4) is 0 Å². The number of fused-ring (bicyclic) bond motifs is 1. The normalized spacial score (nSPS) is 12.1. The molecule has 0 saturated heterocycles. The van der Waals surface area contributed by atoms with Crippen LogP contribution < -0.4 is 5.32 Å². The summed E-state index contributed by atoms with van der Waals surface area (Å²) < 4.78 is 0. The molecule has 0 amide bonds. The lowest BCUT2D eigenvalue weighted by molar-refractivity contribution is 0.759. The van der Waals surface area contributed by atoms with Crippen molar-refractivity contribution in [1.82, 2.24) is 4.98 Å². The van der Waals surface area contributed by atoms with Crippen LogP contribution in [0.5, 0.6) is 0 Å². The van der Waals surface area contributed by atoms with Gasteiger partial charge in [-0.2, -0.15) is 5.26 Å². The molecule has 0 fully saturated rings. The van der Waals surface area contributed by atoms with Gasteiger partial charge in [0.1, 0.15) is 11.9 Å². The molecule has 0 radical (unpaired) electrons. The van der Waals surface area contributed by atoms with Crippen molar-refractivity contribution in [2.24, 2.45) is 0 Å². The van der Waals surface area contributed by atoms with Crippen LogP contribution in [0.25, 0.3) is 10.9 Å². The van der Waals surface area contributed by atoms with Crippen LogP contribution >= 0.6 is 0 Å². The standard InChI is InChI=1S/C14H15N3/c1-3-10(2)16-14-12(9-15)8-11-6-4-5-7-13(11)17-14/h4-8,10H,3H2,1-2H3,(H,16,17). The maximum Gasteiger partial charge on any atom is 0.144 e. The van der Waals surface area contributed by atoms with E-state index < -0.39 is 0 Å². The molecule has 86 valence electrons. The Hall–Kier alpha value is -2.08. The molecule has 1 atom stereocenters. The lowest BCUT2D eigenvalue weighted by Gasteiger charge is -2.13. The van der Waals surface area contributed by atoms with Crippen molar-refractivity contribution < 1.29 is 0 Å². The number of nitrogens with one attached hydrogen (secondary N) is 1. The van der Waals surface area contributed by atoms with E-state index in [0.29, 0.717) is 17.4 Å². The van der Waals surface area contributed by atoms with Crippen LogP contribution in [-0.4, -0.2) is 11.0 Å². The smallest absolute Gasteiger partial charge is 0.144 e. The molecule has 1 N–H and O–H groups in total. The van der Waals surface area contributed by atoms with Crippen molar-refractivity contribution in [1.29, 1.82) is 5.26 Å². The Kier molecular flexibility index (Phi) is 3.24. The second kappa shape index (κ2) is 4.84. The van der Waals surface area contributed by atoms with Crippen molar-refractivity contribution in [2.45, 2.75) is 26.3 Å². The van der Waals surface area contributed by atoms with Crippen molar-refractivity contribution >= 4 is 16.7 Å². The highest BCUT2D eigenvalue weighted by molar-refractivity contribution is 5.82. The van der Waals surface area contributed by atoms with E-state index in [0.717, 1.165) is 17.3 Å². The minimum absolute atomic E-state index is 0.316. The van der Waals surface area contributed by atoms with E-state index in [4.69, 9.17) is 5.26 Å². The lowest BCUT2D eigenvalue weighted by Crippen LogP contribution is -2.15. The molecular weight excluding hydrogens is 210 g/mol. The van der Waals surface area contributed by atoms with Crippen LogP contribution in [0.4, 0.5) is 5.82 Å².